The lowest BCUT2D eigenvalue weighted by Crippen LogP contribution is -2.39. The largest absolute Gasteiger partial charge is 0.444 e. The summed E-state index contributed by atoms with van der Waals surface area (Å²) in [6.07, 6.45) is 4.60. The van der Waals surface area contributed by atoms with Crippen LogP contribution in [0.5, 0.6) is 0 Å². The molecule has 1 aliphatic rings. The molecular formula is C20H32N4O6S. The van der Waals surface area contributed by atoms with E-state index in [4.69, 9.17) is 4.74 Å². The molecule has 2 rings (SSSR count). The van der Waals surface area contributed by atoms with Gasteiger partial charge in [0.15, 0.2) is 0 Å². The van der Waals surface area contributed by atoms with E-state index in [0.29, 0.717) is 5.69 Å². The van der Waals surface area contributed by atoms with Gasteiger partial charge in [0.2, 0.25) is 10.0 Å². The van der Waals surface area contributed by atoms with Crippen LogP contribution in [0.2, 0.25) is 0 Å². The molecule has 1 saturated carbocycles. The van der Waals surface area contributed by atoms with E-state index in [1.54, 1.807) is 20.8 Å². The molecule has 11 heteroatoms. The monoisotopic (exact) mass is 456 g/mol. The third-order valence-corrected chi connectivity index (χ3v) is 6.34. The number of carbonyl (C=O) groups is 1. The van der Waals surface area contributed by atoms with Gasteiger partial charge in [0, 0.05) is 32.2 Å². The SMILES string of the molecule is CN(CCNS(=O)(=O)c1ccc(NC2CCCCC2)c([N+](=O)[O-])c1)C(=O)OC(C)(C)C. The maximum Gasteiger partial charge on any atom is 0.410 e. The number of nitro groups is 1. The minimum atomic E-state index is -3.98. The van der Waals surface area contributed by atoms with Crippen LogP contribution in [0.4, 0.5) is 16.2 Å². The Labute approximate surface area is 183 Å². The highest BCUT2D eigenvalue weighted by molar-refractivity contribution is 7.89. The molecule has 10 nitrogen and oxygen atoms in total. The van der Waals surface area contributed by atoms with E-state index in [-0.39, 0.29) is 29.7 Å². The van der Waals surface area contributed by atoms with Crippen molar-refractivity contribution in [2.24, 2.45) is 0 Å². The zero-order valence-electron chi connectivity index (χ0n) is 18.5. The van der Waals surface area contributed by atoms with Gasteiger partial charge in [0.25, 0.3) is 5.69 Å². The Morgan fingerprint density at radius 2 is 1.90 bits per heavy atom. The number of nitro benzene ring substituents is 1. The normalized spacial score (nSPS) is 15.4. The van der Waals surface area contributed by atoms with Crippen molar-refractivity contribution < 1.29 is 22.9 Å². The molecule has 174 valence electrons. The topological polar surface area (TPSA) is 131 Å². The molecule has 0 spiro atoms. The van der Waals surface area contributed by atoms with Gasteiger partial charge in [0.1, 0.15) is 11.3 Å². The number of hydrogen-bond donors (Lipinski definition) is 2. The smallest absolute Gasteiger partial charge is 0.410 e. The molecule has 1 amide bonds. The number of amides is 1. The molecule has 0 aromatic heterocycles. The number of nitrogens with zero attached hydrogens (tertiary/aromatic N) is 2. The lowest BCUT2D eigenvalue weighted by atomic mass is 9.95. The highest BCUT2D eigenvalue weighted by Crippen LogP contribution is 2.30. The summed E-state index contributed by atoms with van der Waals surface area (Å²) >= 11 is 0. The summed E-state index contributed by atoms with van der Waals surface area (Å²) < 4.78 is 32.8. The van der Waals surface area contributed by atoms with Gasteiger partial charge in [0.05, 0.1) is 9.82 Å². The van der Waals surface area contributed by atoms with Crippen molar-refractivity contribution >= 4 is 27.5 Å². The number of likely N-dealkylation sites (N-methyl/N-ethyl adjacent to an activating group) is 1. The molecule has 0 radical (unpaired) electrons. The Kier molecular flexibility index (Phi) is 8.24. The van der Waals surface area contributed by atoms with Crippen molar-refractivity contribution in [3.8, 4) is 0 Å². The van der Waals surface area contributed by atoms with E-state index < -0.39 is 26.6 Å². The van der Waals surface area contributed by atoms with E-state index in [1.807, 2.05) is 0 Å². The number of rotatable bonds is 8. The lowest BCUT2D eigenvalue weighted by molar-refractivity contribution is -0.384. The average Bonchev–Trinajstić information content (AvgIpc) is 2.67. The minimum absolute atomic E-state index is 0.0616. The number of nitrogens with one attached hydrogen (secondary N) is 2. The molecule has 0 unspecified atom stereocenters. The number of carbonyl (C=O) groups excluding carboxylic acids is 1. The average molecular weight is 457 g/mol. The molecule has 0 saturated heterocycles. The lowest BCUT2D eigenvalue weighted by Gasteiger charge is -2.24. The Morgan fingerprint density at radius 3 is 2.48 bits per heavy atom. The molecule has 0 bridgehead atoms. The zero-order chi connectivity index (χ0) is 23.2. The van der Waals surface area contributed by atoms with Gasteiger partial charge in [-0.05, 0) is 45.7 Å². The van der Waals surface area contributed by atoms with Crippen LogP contribution in [0, 0.1) is 10.1 Å². The number of ether oxygens (including phenoxy) is 1. The molecule has 1 fully saturated rings. The summed E-state index contributed by atoms with van der Waals surface area (Å²) in [4.78, 5) is 24.0. The predicted octanol–water partition coefficient (Wildman–Crippen LogP) is 3.48. The Hall–Kier alpha value is -2.40. The molecule has 0 aliphatic heterocycles. The summed E-state index contributed by atoms with van der Waals surface area (Å²) in [6, 6.07) is 3.99. The highest BCUT2D eigenvalue weighted by atomic mass is 32.2. The summed E-state index contributed by atoms with van der Waals surface area (Å²) in [5, 5.41) is 14.7. The maximum absolute atomic E-state index is 12.6. The number of hydrogen-bond acceptors (Lipinski definition) is 7. The van der Waals surface area contributed by atoms with Crippen molar-refractivity contribution in [2.75, 3.05) is 25.5 Å². The first kappa shape index (κ1) is 24.9. The van der Waals surface area contributed by atoms with E-state index in [9.17, 15) is 23.3 Å². The Morgan fingerprint density at radius 1 is 1.26 bits per heavy atom. The summed E-state index contributed by atoms with van der Waals surface area (Å²) in [5.41, 5.74) is -0.614. The van der Waals surface area contributed by atoms with Crippen molar-refractivity contribution in [3.63, 3.8) is 0 Å². The molecule has 31 heavy (non-hydrogen) atoms. The van der Waals surface area contributed by atoms with Crippen LogP contribution < -0.4 is 10.0 Å². The number of sulfonamides is 1. The van der Waals surface area contributed by atoms with Gasteiger partial charge in [-0.1, -0.05) is 19.3 Å². The third kappa shape index (κ3) is 7.66. The van der Waals surface area contributed by atoms with Crippen molar-refractivity contribution in [3.05, 3.63) is 28.3 Å². The molecule has 1 aliphatic carbocycles. The Bertz CT molecular complexity index is 891. The van der Waals surface area contributed by atoms with Crippen molar-refractivity contribution in [2.45, 2.75) is 69.4 Å². The molecule has 0 heterocycles. The summed E-state index contributed by atoms with van der Waals surface area (Å²) in [7, 11) is -2.48. The van der Waals surface area contributed by atoms with E-state index >= 15 is 0 Å². The minimum Gasteiger partial charge on any atom is -0.444 e. The van der Waals surface area contributed by atoms with Gasteiger partial charge in [-0.25, -0.2) is 17.9 Å². The van der Waals surface area contributed by atoms with Crippen LogP contribution in [0.15, 0.2) is 23.1 Å². The fraction of sp³-hybridized carbons (Fsp3) is 0.650. The van der Waals surface area contributed by atoms with Gasteiger partial charge < -0.3 is 15.0 Å². The first-order valence-electron chi connectivity index (χ1n) is 10.4. The summed E-state index contributed by atoms with van der Waals surface area (Å²) in [6.45, 7) is 5.23. The second-order valence-corrected chi connectivity index (χ2v) is 10.5. The summed E-state index contributed by atoms with van der Waals surface area (Å²) in [5.74, 6) is 0. The molecule has 0 atom stereocenters. The second kappa shape index (κ2) is 10.3. The molecule has 2 N–H and O–H groups in total. The maximum atomic E-state index is 12.6. The van der Waals surface area contributed by atoms with E-state index in [1.165, 1.54) is 24.1 Å². The van der Waals surface area contributed by atoms with Gasteiger partial charge in [-0.3, -0.25) is 10.1 Å². The van der Waals surface area contributed by atoms with Crippen LogP contribution in [-0.2, 0) is 14.8 Å². The fourth-order valence-electron chi connectivity index (χ4n) is 3.28. The molecule has 1 aromatic rings. The van der Waals surface area contributed by atoms with Crippen LogP contribution in [-0.4, -0.2) is 56.1 Å². The molecule has 1 aromatic carbocycles. The van der Waals surface area contributed by atoms with Crippen molar-refractivity contribution in [1.29, 1.82) is 0 Å². The van der Waals surface area contributed by atoms with Crippen LogP contribution in [0.1, 0.15) is 52.9 Å². The molecular weight excluding hydrogens is 424 g/mol. The van der Waals surface area contributed by atoms with Crippen LogP contribution in [0.25, 0.3) is 0 Å². The highest BCUT2D eigenvalue weighted by Gasteiger charge is 2.24. The van der Waals surface area contributed by atoms with E-state index in [2.05, 4.69) is 10.0 Å². The Balaban J connectivity index is 2.04. The first-order chi connectivity index (χ1) is 14.4. The zero-order valence-corrected chi connectivity index (χ0v) is 19.3. The van der Waals surface area contributed by atoms with Crippen LogP contribution in [0.3, 0.4) is 0 Å². The fourth-order valence-corrected chi connectivity index (χ4v) is 4.32. The third-order valence-electron chi connectivity index (χ3n) is 4.89. The van der Waals surface area contributed by atoms with E-state index in [0.717, 1.165) is 38.2 Å². The quantitative estimate of drug-likeness (QED) is 0.452. The first-order valence-corrected chi connectivity index (χ1v) is 11.9. The number of anilines is 1. The van der Waals surface area contributed by atoms with Crippen LogP contribution >= 0.6 is 0 Å². The van der Waals surface area contributed by atoms with Gasteiger partial charge in [-0.15, -0.1) is 0 Å². The van der Waals surface area contributed by atoms with Gasteiger partial charge in [-0.2, -0.15) is 0 Å². The number of benzene rings is 1. The standard InChI is InChI=1S/C20H32N4O6S/c1-20(2,3)30-19(25)23(4)13-12-21-31(28,29)16-10-11-17(18(14-16)24(26)27)22-15-8-6-5-7-9-15/h10-11,14-15,21-22H,5-9,12-13H2,1-4H3. The predicted molar refractivity (Wildman–Crippen MR) is 118 cm³/mol. The second-order valence-electron chi connectivity index (χ2n) is 8.72. The van der Waals surface area contributed by atoms with Crippen molar-refractivity contribution in [1.82, 2.24) is 9.62 Å². The van der Waals surface area contributed by atoms with Gasteiger partial charge >= 0.3 is 6.09 Å².